The van der Waals surface area contributed by atoms with E-state index in [-0.39, 0.29) is 0 Å². The Hall–Kier alpha value is -1.32. The van der Waals surface area contributed by atoms with Crippen molar-refractivity contribution < 1.29 is 0 Å². The van der Waals surface area contributed by atoms with Crippen molar-refractivity contribution in [1.82, 2.24) is 4.98 Å². The number of hydrogen-bond donors (Lipinski definition) is 2. The van der Waals surface area contributed by atoms with E-state index in [2.05, 4.69) is 15.7 Å². The van der Waals surface area contributed by atoms with Gasteiger partial charge in [-0.2, -0.15) is 0 Å². The van der Waals surface area contributed by atoms with Crippen LogP contribution in [0, 0.1) is 4.91 Å². The Bertz CT molecular complexity index is 158. The monoisotopic (exact) mass is 111 g/mol. The molecule has 0 amide bonds. The van der Waals surface area contributed by atoms with Crippen LogP contribution >= 0.6 is 0 Å². The summed E-state index contributed by atoms with van der Waals surface area (Å²) in [4.78, 5) is 12.2. The fourth-order valence-corrected chi connectivity index (χ4v) is 0.449. The number of aromatic amines is 1. The third-order valence-electron chi connectivity index (χ3n) is 0.764. The summed E-state index contributed by atoms with van der Waals surface area (Å²) >= 11 is 0. The number of aromatic nitrogens is 1. The average molecular weight is 111 g/mol. The molecule has 42 valence electrons. The second-order valence-electron chi connectivity index (χ2n) is 1.29. The largest absolute Gasteiger partial charge is 0.347 e. The van der Waals surface area contributed by atoms with Crippen molar-refractivity contribution in [2.75, 3.05) is 5.43 Å². The highest BCUT2D eigenvalue weighted by molar-refractivity contribution is 5.32. The Labute approximate surface area is 45.9 Å². The zero-order chi connectivity index (χ0) is 5.82. The Morgan fingerprint density at radius 3 is 3.12 bits per heavy atom. The first-order chi connectivity index (χ1) is 3.93. The van der Waals surface area contributed by atoms with Gasteiger partial charge in [0.2, 0.25) is 0 Å². The lowest BCUT2D eigenvalue weighted by atomic mass is 10.6. The minimum Gasteiger partial charge on any atom is -0.347 e. The lowest BCUT2D eigenvalue weighted by Gasteiger charge is -1.84. The van der Waals surface area contributed by atoms with E-state index in [0.29, 0.717) is 5.82 Å². The Balaban J connectivity index is 2.62. The molecule has 1 heterocycles. The van der Waals surface area contributed by atoms with Crippen molar-refractivity contribution in [3.8, 4) is 0 Å². The molecule has 1 aromatic rings. The van der Waals surface area contributed by atoms with Gasteiger partial charge < -0.3 is 4.98 Å². The molecular weight excluding hydrogens is 106 g/mol. The molecule has 4 heteroatoms. The molecule has 0 bridgehead atoms. The smallest absolute Gasteiger partial charge is 0.126 e. The van der Waals surface area contributed by atoms with E-state index in [1.54, 1.807) is 18.3 Å². The highest BCUT2D eigenvalue weighted by Crippen LogP contribution is 1.98. The van der Waals surface area contributed by atoms with Gasteiger partial charge in [-0.05, 0) is 12.1 Å². The van der Waals surface area contributed by atoms with E-state index in [0.717, 1.165) is 0 Å². The van der Waals surface area contributed by atoms with E-state index >= 15 is 0 Å². The molecule has 0 fully saturated rings. The topological polar surface area (TPSA) is 57.2 Å². The molecular formula is C4H5N3O. The summed E-state index contributed by atoms with van der Waals surface area (Å²) < 4.78 is 0. The molecule has 0 spiro atoms. The summed E-state index contributed by atoms with van der Waals surface area (Å²) in [6.07, 6.45) is 1.70. The lowest BCUT2D eigenvalue weighted by molar-refractivity contribution is 1.25. The van der Waals surface area contributed by atoms with E-state index in [4.69, 9.17) is 0 Å². The van der Waals surface area contributed by atoms with Crippen molar-refractivity contribution >= 4 is 5.82 Å². The number of nitrogens with zero attached hydrogens (tertiary/aromatic N) is 1. The maximum atomic E-state index is 9.49. The number of H-pyrrole nitrogens is 1. The van der Waals surface area contributed by atoms with Crippen LogP contribution in [0.1, 0.15) is 0 Å². The minimum absolute atomic E-state index is 0.611. The summed E-state index contributed by atoms with van der Waals surface area (Å²) in [5.74, 6) is 0.611. The average Bonchev–Trinajstić information content (AvgIpc) is 2.19. The lowest BCUT2D eigenvalue weighted by Crippen LogP contribution is -1.82. The van der Waals surface area contributed by atoms with Gasteiger partial charge in [0.15, 0.2) is 0 Å². The first-order valence-corrected chi connectivity index (χ1v) is 2.15. The van der Waals surface area contributed by atoms with E-state index in [1.807, 2.05) is 0 Å². The van der Waals surface area contributed by atoms with Crippen molar-refractivity contribution in [1.29, 1.82) is 0 Å². The molecule has 1 aromatic heterocycles. The molecule has 0 aromatic carbocycles. The van der Waals surface area contributed by atoms with Gasteiger partial charge in [0.25, 0.3) is 0 Å². The first kappa shape index (κ1) is 4.83. The standard InChI is InChI=1S/C4H5N3O/c8-7-6-4-2-1-3-5-4/h1-3,5H,(H,6,8). The summed E-state index contributed by atoms with van der Waals surface area (Å²) in [6.45, 7) is 0. The fourth-order valence-electron chi connectivity index (χ4n) is 0.449. The van der Waals surface area contributed by atoms with Gasteiger partial charge in [0.05, 0.1) is 5.29 Å². The van der Waals surface area contributed by atoms with Crippen molar-refractivity contribution in [2.24, 2.45) is 5.29 Å². The molecule has 1 rings (SSSR count). The fraction of sp³-hybridized carbons (Fsp3) is 0. The molecule has 0 radical (unpaired) electrons. The van der Waals surface area contributed by atoms with Crippen molar-refractivity contribution in [3.05, 3.63) is 23.2 Å². The van der Waals surface area contributed by atoms with Gasteiger partial charge in [0, 0.05) is 6.20 Å². The second-order valence-corrected chi connectivity index (χ2v) is 1.29. The molecule has 0 aliphatic heterocycles. The molecule has 0 aliphatic carbocycles. The number of rotatable bonds is 2. The third kappa shape index (κ3) is 0.841. The first-order valence-electron chi connectivity index (χ1n) is 2.15. The van der Waals surface area contributed by atoms with Crippen molar-refractivity contribution in [3.63, 3.8) is 0 Å². The van der Waals surface area contributed by atoms with Gasteiger partial charge in [0.1, 0.15) is 5.82 Å². The van der Waals surface area contributed by atoms with Crippen LogP contribution in [0.15, 0.2) is 23.6 Å². The van der Waals surface area contributed by atoms with Crippen LogP contribution in [-0.4, -0.2) is 4.98 Å². The van der Waals surface area contributed by atoms with Gasteiger partial charge in [-0.1, -0.05) is 0 Å². The number of nitrogens with one attached hydrogen (secondary N) is 2. The molecule has 0 unspecified atom stereocenters. The van der Waals surface area contributed by atoms with Crippen LogP contribution in [-0.2, 0) is 0 Å². The Morgan fingerprint density at radius 2 is 2.62 bits per heavy atom. The predicted octanol–water partition coefficient (Wildman–Crippen LogP) is 1.11. The van der Waals surface area contributed by atoms with Crippen LogP contribution in [0.5, 0.6) is 0 Å². The summed E-state index contributed by atoms with van der Waals surface area (Å²) in [6, 6.07) is 3.48. The van der Waals surface area contributed by atoms with Crippen LogP contribution < -0.4 is 5.43 Å². The van der Waals surface area contributed by atoms with Gasteiger partial charge >= 0.3 is 0 Å². The normalized spacial score (nSPS) is 8.50. The number of nitroso groups, excluding NO2 is 1. The molecule has 2 N–H and O–H groups in total. The molecule has 8 heavy (non-hydrogen) atoms. The van der Waals surface area contributed by atoms with Crippen LogP contribution in [0.25, 0.3) is 0 Å². The minimum atomic E-state index is 0.611. The second kappa shape index (κ2) is 2.11. The van der Waals surface area contributed by atoms with Crippen LogP contribution in [0.2, 0.25) is 0 Å². The van der Waals surface area contributed by atoms with Crippen LogP contribution in [0.4, 0.5) is 5.82 Å². The Morgan fingerprint density at radius 1 is 1.75 bits per heavy atom. The molecule has 0 atom stereocenters. The quantitative estimate of drug-likeness (QED) is 0.443. The Kier molecular flexibility index (Phi) is 1.27. The van der Waals surface area contributed by atoms with E-state index in [1.165, 1.54) is 0 Å². The molecule has 4 nitrogen and oxygen atoms in total. The zero-order valence-corrected chi connectivity index (χ0v) is 4.09. The third-order valence-corrected chi connectivity index (χ3v) is 0.764. The van der Waals surface area contributed by atoms with Gasteiger partial charge in [-0.15, -0.1) is 4.91 Å². The van der Waals surface area contributed by atoms with E-state index < -0.39 is 0 Å². The zero-order valence-electron chi connectivity index (χ0n) is 4.09. The number of anilines is 1. The SMILES string of the molecule is O=NNc1ccc[nH]1. The molecule has 0 saturated carbocycles. The van der Waals surface area contributed by atoms with Gasteiger partial charge in [-0.25, -0.2) is 5.43 Å². The molecule has 0 saturated heterocycles. The van der Waals surface area contributed by atoms with Crippen molar-refractivity contribution in [2.45, 2.75) is 0 Å². The summed E-state index contributed by atoms with van der Waals surface area (Å²) in [7, 11) is 0. The summed E-state index contributed by atoms with van der Waals surface area (Å²) in [5.41, 5.74) is 2.20. The summed E-state index contributed by atoms with van der Waals surface area (Å²) in [5, 5.41) is 2.45. The van der Waals surface area contributed by atoms with Crippen LogP contribution in [0.3, 0.4) is 0 Å². The highest BCUT2D eigenvalue weighted by Gasteiger charge is 1.83. The van der Waals surface area contributed by atoms with Gasteiger partial charge in [-0.3, -0.25) is 0 Å². The maximum Gasteiger partial charge on any atom is 0.126 e. The molecule has 0 aliphatic rings. The van der Waals surface area contributed by atoms with E-state index in [9.17, 15) is 4.91 Å². The highest BCUT2D eigenvalue weighted by atomic mass is 16.3. The maximum absolute atomic E-state index is 9.49. The number of hydrogen-bond acceptors (Lipinski definition) is 2. The predicted molar refractivity (Wildman–Crippen MR) is 30.2 cm³/mol.